The number of amides is 1. The number of halogens is 1. The fraction of sp³-hybridized carbons (Fsp3) is 0.300. The van der Waals surface area contributed by atoms with E-state index in [1.165, 1.54) is 0 Å². The summed E-state index contributed by atoms with van der Waals surface area (Å²) in [6, 6.07) is 12.8. The molecule has 0 spiro atoms. The van der Waals surface area contributed by atoms with E-state index < -0.39 is 0 Å². The molecule has 2 aromatic carbocycles. The minimum Gasteiger partial charge on any atom is -0.440 e. The fourth-order valence-electron chi connectivity index (χ4n) is 2.74. The summed E-state index contributed by atoms with van der Waals surface area (Å²) in [7, 11) is 1.62. The smallest absolute Gasteiger partial charge is 0.251 e. The van der Waals surface area contributed by atoms with E-state index >= 15 is 0 Å². The predicted octanol–water partition coefficient (Wildman–Crippen LogP) is 4.23. The second kappa shape index (κ2) is 8.34. The fourth-order valence-corrected chi connectivity index (χ4v) is 2.96. The number of nitrogens with one attached hydrogen (secondary N) is 1. The Morgan fingerprint density at radius 1 is 1.31 bits per heavy atom. The van der Waals surface area contributed by atoms with Gasteiger partial charge in [0.05, 0.1) is 12.6 Å². The van der Waals surface area contributed by atoms with E-state index in [0.29, 0.717) is 35.1 Å². The van der Waals surface area contributed by atoms with Crippen LogP contribution in [-0.4, -0.2) is 30.6 Å². The summed E-state index contributed by atoms with van der Waals surface area (Å²) < 4.78 is 10.9. The molecule has 0 radical (unpaired) electrons. The number of oxazole rings is 1. The first-order valence-electron chi connectivity index (χ1n) is 8.52. The number of benzene rings is 2. The zero-order valence-electron chi connectivity index (χ0n) is 14.8. The van der Waals surface area contributed by atoms with E-state index in [2.05, 4.69) is 10.3 Å². The highest BCUT2D eigenvalue weighted by atomic mass is 35.5. The van der Waals surface area contributed by atoms with Gasteiger partial charge in [-0.2, -0.15) is 0 Å². The molecule has 0 saturated heterocycles. The van der Waals surface area contributed by atoms with Gasteiger partial charge in [-0.1, -0.05) is 30.7 Å². The number of hydrogen-bond donors (Lipinski definition) is 1. The minimum absolute atomic E-state index is 0.0173. The van der Waals surface area contributed by atoms with E-state index in [4.69, 9.17) is 20.8 Å². The Kier molecular flexibility index (Phi) is 5.91. The lowest BCUT2D eigenvalue weighted by Gasteiger charge is -2.15. The van der Waals surface area contributed by atoms with Crippen molar-refractivity contribution in [1.29, 1.82) is 0 Å². The van der Waals surface area contributed by atoms with Crippen LogP contribution in [0.4, 0.5) is 0 Å². The molecule has 1 heterocycles. The van der Waals surface area contributed by atoms with Crippen molar-refractivity contribution < 1.29 is 13.9 Å². The van der Waals surface area contributed by atoms with Crippen molar-refractivity contribution in [2.45, 2.75) is 25.8 Å². The van der Waals surface area contributed by atoms with Gasteiger partial charge >= 0.3 is 0 Å². The second-order valence-corrected chi connectivity index (χ2v) is 6.57. The van der Waals surface area contributed by atoms with Gasteiger partial charge in [0.1, 0.15) is 5.52 Å². The maximum Gasteiger partial charge on any atom is 0.251 e. The van der Waals surface area contributed by atoms with E-state index in [1.54, 1.807) is 25.3 Å². The molecule has 3 aromatic rings. The number of rotatable bonds is 7. The third-order valence-corrected chi connectivity index (χ3v) is 4.37. The number of nitrogens with zero attached hydrogens (tertiary/aromatic N) is 1. The topological polar surface area (TPSA) is 64.4 Å². The summed E-state index contributed by atoms with van der Waals surface area (Å²) in [6.07, 6.45) is 1.34. The highest BCUT2D eigenvalue weighted by Crippen LogP contribution is 2.20. The van der Waals surface area contributed by atoms with Crippen molar-refractivity contribution >= 4 is 28.6 Å². The molecular formula is C20H21ClN2O3. The van der Waals surface area contributed by atoms with Crippen molar-refractivity contribution in [2.24, 2.45) is 0 Å². The molecular weight excluding hydrogens is 352 g/mol. The van der Waals surface area contributed by atoms with Crippen LogP contribution in [-0.2, 0) is 11.2 Å². The Hall–Kier alpha value is -2.37. The lowest BCUT2D eigenvalue weighted by Crippen LogP contribution is -2.37. The highest BCUT2D eigenvalue weighted by molar-refractivity contribution is 6.30. The average Bonchev–Trinajstić information content (AvgIpc) is 3.02. The zero-order chi connectivity index (χ0) is 18.5. The van der Waals surface area contributed by atoms with Gasteiger partial charge < -0.3 is 14.5 Å². The van der Waals surface area contributed by atoms with Crippen LogP contribution in [0.1, 0.15) is 35.2 Å². The largest absolute Gasteiger partial charge is 0.440 e. The van der Waals surface area contributed by atoms with Crippen molar-refractivity contribution in [1.82, 2.24) is 10.3 Å². The molecule has 0 saturated carbocycles. The number of aromatic nitrogens is 1. The lowest BCUT2D eigenvalue weighted by molar-refractivity contribution is 0.0894. The molecule has 3 rings (SSSR count). The Bertz CT molecular complexity index is 907. The summed E-state index contributed by atoms with van der Waals surface area (Å²) in [5.41, 5.74) is 2.88. The van der Waals surface area contributed by atoms with Gasteiger partial charge in [0.15, 0.2) is 11.5 Å². The monoisotopic (exact) mass is 372 g/mol. The third kappa shape index (κ3) is 4.42. The molecule has 0 aliphatic rings. The van der Waals surface area contributed by atoms with Crippen LogP contribution in [0.3, 0.4) is 0 Å². The Morgan fingerprint density at radius 3 is 2.88 bits per heavy atom. The molecule has 1 amide bonds. The second-order valence-electron chi connectivity index (χ2n) is 6.13. The van der Waals surface area contributed by atoms with E-state index in [-0.39, 0.29) is 11.9 Å². The van der Waals surface area contributed by atoms with E-state index in [9.17, 15) is 4.79 Å². The average molecular weight is 373 g/mol. The Balaban J connectivity index is 1.77. The molecule has 1 atom stereocenters. The first-order valence-corrected chi connectivity index (χ1v) is 8.90. The van der Waals surface area contributed by atoms with Gasteiger partial charge in [-0.25, -0.2) is 4.98 Å². The molecule has 1 N–H and O–H groups in total. The molecule has 136 valence electrons. The summed E-state index contributed by atoms with van der Waals surface area (Å²) in [4.78, 5) is 16.9. The Morgan fingerprint density at radius 2 is 2.15 bits per heavy atom. The molecule has 6 heteroatoms. The lowest BCUT2D eigenvalue weighted by atomic mass is 10.1. The van der Waals surface area contributed by atoms with Crippen LogP contribution >= 0.6 is 11.6 Å². The highest BCUT2D eigenvalue weighted by Gasteiger charge is 2.14. The number of methoxy groups -OCH3 is 1. The maximum absolute atomic E-state index is 12.4. The molecule has 5 nitrogen and oxygen atoms in total. The van der Waals surface area contributed by atoms with Gasteiger partial charge in [-0.15, -0.1) is 0 Å². The van der Waals surface area contributed by atoms with E-state index in [1.807, 2.05) is 31.2 Å². The SMILES string of the molecule is CC[C@H](COC)NC(=O)c1ccc2nc(Cc3cccc(Cl)c3)oc2c1. The van der Waals surface area contributed by atoms with E-state index in [0.717, 1.165) is 17.5 Å². The molecule has 0 fully saturated rings. The van der Waals surface area contributed by atoms with Gasteiger partial charge in [0.2, 0.25) is 0 Å². The molecule has 0 aliphatic heterocycles. The predicted molar refractivity (Wildman–Crippen MR) is 102 cm³/mol. The molecule has 1 aromatic heterocycles. The minimum atomic E-state index is -0.149. The van der Waals surface area contributed by atoms with Crippen LogP contribution in [0.25, 0.3) is 11.1 Å². The van der Waals surface area contributed by atoms with Crippen LogP contribution in [0.15, 0.2) is 46.9 Å². The number of ether oxygens (including phenoxy) is 1. The molecule has 0 aliphatic carbocycles. The summed E-state index contributed by atoms with van der Waals surface area (Å²) in [5, 5.41) is 3.64. The van der Waals surface area contributed by atoms with Crippen LogP contribution < -0.4 is 5.32 Å². The van der Waals surface area contributed by atoms with Crippen LogP contribution in [0.2, 0.25) is 5.02 Å². The molecule has 0 bridgehead atoms. The summed E-state index contributed by atoms with van der Waals surface area (Å²) >= 11 is 6.02. The van der Waals surface area contributed by atoms with Crippen molar-refractivity contribution in [3.63, 3.8) is 0 Å². The molecule has 26 heavy (non-hydrogen) atoms. The third-order valence-electron chi connectivity index (χ3n) is 4.14. The number of hydrogen-bond acceptors (Lipinski definition) is 4. The first kappa shape index (κ1) is 18.4. The molecule has 0 unspecified atom stereocenters. The summed E-state index contributed by atoms with van der Waals surface area (Å²) in [5.74, 6) is 0.439. The number of fused-ring (bicyclic) bond motifs is 1. The van der Waals surface area contributed by atoms with Gasteiger partial charge in [-0.05, 0) is 42.3 Å². The van der Waals surface area contributed by atoms with Crippen molar-refractivity contribution in [3.05, 3.63) is 64.5 Å². The first-order chi connectivity index (χ1) is 12.6. The maximum atomic E-state index is 12.4. The van der Waals surface area contributed by atoms with Gasteiger partial charge in [0.25, 0.3) is 5.91 Å². The van der Waals surface area contributed by atoms with Crippen LogP contribution in [0, 0.1) is 0 Å². The standard InChI is InChI=1S/C20H21ClN2O3/c1-3-16(12-25-2)22-20(24)14-7-8-17-18(11-14)26-19(23-17)10-13-5-4-6-15(21)9-13/h4-9,11,16H,3,10,12H2,1-2H3,(H,22,24)/t16-/m1/s1. The van der Waals surface area contributed by atoms with Crippen molar-refractivity contribution in [3.8, 4) is 0 Å². The van der Waals surface area contributed by atoms with Crippen molar-refractivity contribution in [2.75, 3.05) is 13.7 Å². The van der Waals surface area contributed by atoms with Gasteiger partial charge in [0, 0.05) is 24.1 Å². The normalized spacial score (nSPS) is 12.3. The zero-order valence-corrected chi connectivity index (χ0v) is 15.5. The Labute approximate surface area is 157 Å². The number of carbonyl (C=O) groups excluding carboxylic acids is 1. The van der Waals surface area contributed by atoms with Gasteiger partial charge in [-0.3, -0.25) is 4.79 Å². The van der Waals surface area contributed by atoms with Crippen LogP contribution in [0.5, 0.6) is 0 Å². The summed E-state index contributed by atoms with van der Waals surface area (Å²) in [6.45, 7) is 2.49. The number of carbonyl (C=O) groups is 1. The quantitative estimate of drug-likeness (QED) is 0.674.